The van der Waals surface area contributed by atoms with Gasteiger partial charge >= 0.3 is 0 Å². The van der Waals surface area contributed by atoms with Crippen molar-refractivity contribution < 1.29 is 9.18 Å². The van der Waals surface area contributed by atoms with Crippen LogP contribution in [0.25, 0.3) is 10.9 Å². The minimum absolute atomic E-state index is 0.161. The first-order valence-electron chi connectivity index (χ1n) is 10.7. The zero-order chi connectivity index (χ0) is 21.8. The van der Waals surface area contributed by atoms with Crippen LogP contribution in [0.15, 0.2) is 53.6 Å². The van der Waals surface area contributed by atoms with E-state index in [1.54, 1.807) is 0 Å². The first-order chi connectivity index (χ1) is 15.0. The molecule has 1 aromatic heterocycles. The average molecular weight is 423 g/mol. The van der Waals surface area contributed by atoms with Crippen molar-refractivity contribution in [3.8, 4) is 0 Å². The summed E-state index contributed by atoms with van der Waals surface area (Å²) in [5, 5.41) is 2.99. The fourth-order valence-electron chi connectivity index (χ4n) is 3.90. The highest BCUT2D eigenvalue weighted by Gasteiger charge is 2.15. The Morgan fingerprint density at radius 1 is 1.13 bits per heavy atom. The summed E-state index contributed by atoms with van der Waals surface area (Å²) in [4.78, 5) is 31.4. The van der Waals surface area contributed by atoms with Crippen molar-refractivity contribution in [1.82, 2.24) is 19.8 Å². The van der Waals surface area contributed by atoms with Crippen molar-refractivity contribution >= 4 is 16.8 Å². The van der Waals surface area contributed by atoms with Crippen LogP contribution in [0.3, 0.4) is 0 Å². The molecule has 162 valence electrons. The number of aromatic nitrogens is 2. The Bertz CT molecular complexity index is 1120. The first-order valence-corrected chi connectivity index (χ1v) is 10.7. The van der Waals surface area contributed by atoms with Crippen molar-refractivity contribution in [2.24, 2.45) is 5.92 Å². The molecule has 0 spiro atoms. The zero-order valence-corrected chi connectivity index (χ0v) is 17.7. The van der Waals surface area contributed by atoms with E-state index in [1.807, 2.05) is 12.1 Å². The molecular weight excluding hydrogens is 395 g/mol. The van der Waals surface area contributed by atoms with Gasteiger partial charge < -0.3 is 5.32 Å². The standard InChI is InChI=1S/C24H27FN4O2/c1-17-8-10-28(11-9-17)14-19-4-2-18(3-5-19)13-26-23(30)15-29-16-27-22-7-6-20(25)12-21(22)24(29)31/h2-7,12,16-17H,8-11,13-15H2,1H3,(H,26,30). The number of rotatable bonds is 6. The van der Waals surface area contributed by atoms with Crippen LogP contribution in [0.2, 0.25) is 0 Å². The number of benzene rings is 2. The van der Waals surface area contributed by atoms with Gasteiger partial charge in [-0.15, -0.1) is 0 Å². The Kier molecular flexibility index (Phi) is 6.42. The summed E-state index contributed by atoms with van der Waals surface area (Å²) in [6, 6.07) is 12.1. The molecule has 1 amide bonds. The Labute approximate surface area is 180 Å². The number of likely N-dealkylation sites (tertiary alicyclic amines) is 1. The Hall–Kier alpha value is -3.06. The van der Waals surface area contributed by atoms with Gasteiger partial charge in [-0.2, -0.15) is 0 Å². The highest BCUT2D eigenvalue weighted by Crippen LogP contribution is 2.18. The van der Waals surface area contributed by atoms with Crippen LogP contribution in [-0.4, -0.2) is 33.4 Å². The highest BCUT2D eigenvalue weighted by molar-refractivity contribution is 5.79. The van der Waals surface area contributed by atoms with Crippen molar-refractivity contribution in [2.45, 2.75) is 39.4 Å². The third-order valence-corrected chi connectivity index (χ3v) is 5.90. The van der Waals surface area contributed by atoms with Crippen molar-refractivity contribution in [3.63, 3.8) is 0 Å². The van der Waals surface area contributed by atoms with Crippen molar-refractivity contribution in [3.05, 3.63) is 76.1 Å². The number of nitrogens with zero attached hydrogens (tertiary/aromatic N) is 3. The lowest BCUT2D eigenvalue weighted by Crippen LogP contribution is -2.32. The number of halogens is 1. The van der Waals surface area contributed by atoms with E-state index < -0.39 is 11.4 Å². The molecule has 6 nitrogen and oxygen atoms in total. The predicted octanol–water partition coefficient (Wildman–Crippen LogP) is 3.08. The van der Waals surface area contributed by atoms with Gasteiger partial charge in [-0.05, 0) is 61.2 Å². The smallest absolute Gasteiger partial charge is 0.261 e. The van der Waals surface area contributed by atoms with Crippen LogP contribution in [0.1, 0.15) is 30.9 Å². The van der Waals surface area contributed by atoms with Crippen LogP contribution in [0.5, 0.6) is 0 Å². The van der Waals surface area contributed by atoms with Gasteiger partial charge in [0.2, 0.25) is 5.91 Å². The summed E-state index contributed by atoms with van der Waals surface area (Å²) in [6.45, 7) is 5.78. The molecule has 3 aromatic rings. The monoisotopic (exact) mass is 422 g/mol. The topological polar surface area (TPSA) is 67.2 Å². The number of nitrogens with one attached hydrogen (secondary N) is 1. The molecule has 1 aliphatic heterocycles. The summed E-state index contributed by atoms with van der Waals surface area (Å²) >= 11 is 0. The summed E-state index contributed by atoms with van der Waals surface area (Å²) < 4.78 is 14.6. The summed E-state index contributed by atoms with van der Waals surface area (Å²) in [5.74, 6) is 0.0164. The molecule has 0 saturated carbocycles. The van der Waals surface area contributed by atoms with Gasteiger partial charge in [-0.1, -0.05) is 31.2 Å². The van der Waals surface area contributed by atoms with Gasteiger partial charge in [0.05, 0.1) is 17.2 Å². The largest absolute Gasteiger partial charge is 0.350 e. The van der Waals surface area contributed by atoms with E-state index in [9.17, 15) is 14.0 Å². The fraction of sp³-hybridized carbons (Fsp3) is 0.375. The maximum absolute atomic E-state index is 13.4. The van der Waals surface area contributed by atoms with Gasteiger partial charge in [0.25, 0.3) is 5.56 Å². The van der Waals surface area contributed by atoms with Crippen LogP contribution in [0, 0.1) is 11.7 Å². The molecule has 2 heterocycles. The Morgan fingerprint density at radius 2 is 1.84 bits per heavy atom. The summed E-state index contributed by atoms with van der Waals surface area (Å²) in [6.07, 6.45) is 3.84. The van der Waals surface area contributed by atoms with Crippen LogP contribution < -0.4 is 10.9 Å². The number of hydrogen-bond acceptors (Lipinski definition) is 4. The second-order valence-corrected chi connectivity index (χ2v) is 8.39. The Balaban J connectivity index is 1.31. The molecule has 1 N–H and O–H groups in total. The highest BCUT2D eigenvalue weighted by atomic mass is 19.1. The molecule has 1 aliphatic rings. The van der Waals surface area contributed by atoms with Crippen LogP contribution >= 0.6 is 0 Å². The van der Waals surface area contributed by atoms with Gasteiger partial charge in [0.15, 0.2) is 0 Å². The molecule has 2 aromatic carbocycles. The van der Waals surface area contributed by atoms with E-state index >= 15 is 0 Å². The summed E-state index contributed by atoms with van der Waals surface area (Å²) in [5.41, 5.74) is 2.24. The van der Waals surface area contributed by atoms with Gasteiger partial charge in [-0.3, -0.25) is 19.1 Å². The number of fused-ring (bicyclic) bond motifs is 1. The number of hydrogen-bond donors (Lipinski definition) is 1. The normalized spacial score (nSPS) is 15.3. The fourth-order valence-corrected chi connectivity index (χ4v) is 3.90. The zero-order valence-electron chi connectivity index (χ0n) is 17.7. The average Bonchev–Trinajstić information content (AvgIpc) is 2.77. The van der Waals surface area contributed by atoms with Gasteiger partial charge in [0.1, 0.15) is 12.4 Å². The van der Waals surface area contributed by atoms with Gasteiger partial charge in [0, 0.05) is 13.1 Å². The molecule has 7 heteroatoms. The molecular formula is C24H27FN4O2. The van der Waals surface area contributed by atoms with E-state index in [0.29, 0.717) is 12.1 Å². The molecule has 4 rings (SSSR count). The second kappa shape index (κ2) is 9.39. The maximum atomic E-state index is 13.4. The van der Waals surface area contributed by atoms with E-state index in [0.717, 1.165) is 37.2 Å². The molecule has 1 saturated heterocycles. The number of amides is 1. The number of piperidine rings is 1. The second-order valence-electron chi connectivity index (χ2n) is 8.39. The molecule has 31 heavy (non-hydrogen) atoms. The lowest BCUT2D eigenvalue weighted by molar-refractivity contribution is -0.121. The van der Waals surface area contributed by atoms with E-state index in [-0.39, 0.29) is 17.8 Å². The molecule has 0 aliphatic carbocycles. The SMILES string of the molecule is CC1CCN(Cc2ccc(CNC(=O)Cn3cnc4ccc(F)cc4c3=O)cc2)CC1. The third-order valence-electron chi connectivity index (χ3n) is 5.90. The molecule has 0 bridgehead atoms. The van der Waals surface area contributed by atoms with E-state index in [1.165, 1.54) is 41.4 Å². The van der Waals surface area contributed by atoms with Crippen molar-refractivity contribution in [2.75, 3.05) is 13.1 Å². The molecule has 0 unspecified atom stereocenters. The predicted molar refractivity (Wildman–Crippen MR) is 118 cm³/mol. The van der Waals surface area contributed by atoms with Crippen LogP contribution in [-0.2, 0) is 24.4 Å². The van der Waals surface area contributed by atoms with Crippen LogP contribution in [0.4, 0.5) is 4.39 Å². The quantitative estimate of drug-likeness (QED) is 0.663. The maximum Gasteiger partial charge on any atom is 0.261 e. The molecule has 0 atom stereocenters. The molecule has 0 radical (unpaired) electrons. The lowest BCUT2D eigenvalue weighted by Gasteiger charge is -2.30. The number of carbonyl (C=O) groups excluding carboxylic acids is 1. The minimum atomic E-state index is -0.508. The number of carbonyl (C=O) groups is 1. The minimum Gasteiger partial charge on any atom is -0.350 e. The van der Waals surface area contributed by atoms with E-state index in [4.69, 9.17) is 0 Å². The molecule has 1 fully saturated rings. The third kappa shape index (κ3) is 5.35. The van der Waals surface area contributed by atoms with Gasteiger partial charge in [-0.25, -0.2) is 9.37 Å². The van der Waals surface area contributed by atoms with Crippen molar-refractivity contribution in [1.29, 1.82) is 0 Å². The Morgan fingerprint density at radius 3 is 2.58 bits per heavy atom. The van der Waals surface area contributed by atoms with E-state index in [2.05, 4.69) is 34.3 Å². The lowest BCUT2D eigenvalue weighted by atomic mass is 9.99. The first kappa shape index (κ1) is 21.2. The summed E-state index contributed by atoms with van der Waals surface area (Å²) in [7, 11) is 0.